The molecule has 1 fully saturated rings. The fraction of sp³-hybridized carbons (Fsp3) is 0.381. The van der Waals surface area contributed by atoms with Crippen molar-refractivity contribution in [2.75, 3.05) is 25.6 Å². The number of nitrogen functional groups attached to an aromatic ring is 2. The molecule has 3 aromatic rings. The summed E-state index contributed by atoms with van der Waals surface area (Å²) in [5, 5.41) is 0.818. The number of nitrogens with zero attached hydrogens (tertiary/aromatic N) is 4. The number of anilines is 2. The maximum Gasteiger partial charge on any atom is 0.134 e. The van der Waals surface area contributed by atoms with Crippen LogP contribution in [0.4, 0.5) is 11.5 Å². The lowest BCUT2D eigenvalue weighted by molar-refractivity contribution is 0.229. The lowest BCUT2D eigenvalue weighted by Crippen LogP contribution is -2.29. The number of nitrogens with two attached hydrogens (primary N) is 2. The molecule has 4 N–H and O–H groups in total. The van der Waals surface area contributed by atoms with E-state index in [0.717, 1.165) is 28.1 Å². The molecule has 142 valence electrons. The SMILES string of the molecule is CN(C)C1CCCCC1.Nc1ccncc1-c1ccc2ncnc(N)c2c1. The highest BCUT2D eigenvalue weighted by atomic mass is 15.1. The van der Waals surface area contributed by atoms with Crippen molar-refractivity contribution in [1.82, 2.24) is 19.9 Å². The molecule has 4 rings (SSSR count). The summed E-state index contributed by atoms with van der Waals surface area (Å²) in [7, 11) is 4.38. The number of rotatable bonds is 2. The maximum absolute atomic E-state index is 5.93. The van der Waals surface area contributed by atoms with Crippen LogP contribution in [-0.2, 0) is 0 Å². The van der Waals surface area contributed by atoms with E-state index in [0.29, 0.717) is 11.5 Å². The first-order valence-electron chi connectivity index (χ1n) is 9.43. The van der Waals surface area contributed by atoms with Gasteiger partial charge in [0.15, 0.2) is 0 Å². The molecule has 6 nitrogen and oxygen atoms in total. The second-order valence-corrected chi connectivity index (χ2v) is 7.21. The highest BCUT2D eigenvalue weighted by Gasteiger charge is 2.14. The van der Waals surface area contributed by atoms with E-state index in [9.17, 15) is 0 Å². The molecule has 0 atom stereocenters. The third-order valence-electron chi connectivity index (χ3n) is 5.14. The Kier molecular flexibility index (Phi) is 6.19. The average Bonchev–Trinajstić information content (AvgIpc) is 2.70. The molecule has 1 saturated carbocycles. The summed E-state index contributed by atoms with van der Waals surface area (Å²) in [6.45, 7) is 0. The largest absolute Gasteiger partial charge is 0.398 e. The van der Waals surface area contributed by atoms with Gasteiger partial charge in [-0.15, -0.1) is 0 Å². The third kappa shape index (κ3) is 4.71. The van der Waals surface area contributed by atoms with E-state index >= 15 is 0 Å². The molecule has 0 saturated heterocycles. The minimum absolute atomic E-state index is 0.462. The van der Waals surface area contributed by atoms with Gasteiger partial charge in [0.25, 0.3) is 0 Å². The van der Waals surface area contributed by atoms with E-state index in [4.69, 9.17) is 11.5 Å². The van der Waals surface area contributed by atoms with Crippen molar-refractivity contribution in [2.24, 2.45) is 0 Å². The Hall–Kier alpha value is -2.73. The van der Waals surface area contributed by atoms with E-state index in [-0.39, 0.29) is 0 Å². The van der Waals surface area contributed by atoms with Crippen molar-refractivity contribution in [3.63, 3.8) is 0 Å². The van der Waals surface area contributed by atoms with Gasteiger partial charge in [0.2, 0.25) is 0 Å². The second-order valence-electron chi connectivity index (χ2n) is 7.21. The summed E-state index contributed by atoms with van der Waals surface area (Å²) < 4.78 is 0. The molecule has 1 aliphatic rings. The molecule has 2 heterocycles. The molecular formula is C21H28N6. The molecule has 0 spiro atoms. The average molecular weight is 364 g/mol. The lowest BCUT2D eigenvalue weighted by atomic mass is 9.95. The fourth-order valence-corrected chi connectivity index (χ4v) is 3.49. The number of aromatic nitrogens is 3. The fourth-order valence-electron chi connectivity index (χ4n) is 3.49. The third-order valence-corrected chi connectivity index (χ3v) is 5.14. The van der Waals surface area contributed by atoms with Crippen LogP contribution in [0.3, 0.4) is 0 Å². The van der Waals surface area contributed by atoms with Crippen LogP contribution in [0.25, 0.3) is 22.0 Å². The number of pyridine rings is 1. The summed E-state index contributed by atoms with van der Waals surface area (Å²) in [5.41, 5.74) is 15.1. The minimum atomic E-state index is 0.462. The Labute approximate surface area is 160 Å². The van der Waals surface area contributed by atoms with Gasteiger partial charge in [-0.1, -0.05) is 25.3 Å². The van der Waals surface area contributed by atoms with Gasteiger partial charge in [0.1, 0.15) is 12.1 Å². The van der Waals surface area contributed by atoms with E-state index < -0.39 is 0 Å². The number of hydrogen-bond acceptors (Lipinski definition) is 6. The second kappa shape index (κ2) is 8.77. The summed E-state index contributed by atoms with van der Waals surface area (Å²) in [4.78, 5) is 14.6. The van der Waals surface area contributed by atoms with Crippen LogP contribution in [-0.4, -0.2) is 40.0 Å². The van der Waals surface area contributed by atoms with Crippen LogP contribution in [0.2, 0.25) is 0 Å². The molecule has 6 heteroatoms. The van der Waals surface area contributed by atoms with E-state index in [1.165, 1.54) is 38.4 Å². The van der Waals surface area contributed by atoms with Crippen LogP contribution < -0.4 is 11.5 Å². The molecule has 0 unspecified atom stereocenters. The van der Waals surface area contributed by atoms with E-state index in [1.807, 2.05) is 18.2 Å². The minimum Gasteiger partial charge on any atom is -0.398 e. The summed E-state index contributed by atoms with van der Waals surface area (Å²) >= 11 is 0. The molecule has 27 heavy (non-hydrogen) atoms. The standard InChI is InChI=1S/C13H11N5.C8H17N/c14-11-3-4-16-6-10(11)8-1-2-12-9(5-8)13(15)18-7-17-12;1-9(2)8-6-4-3-5-7-8/h1-7H,(H2,14,16)(H2,15,17,18);8H,3-7H2,1-2H3. The Morgan fingerprint density at radius 2 is 1.78 bits per heavy atom. The van der Waals surface area contributed by atoms with Gasteiger partial charge in [-0.3, -0.25) is 4.98 Å². The van der Waals surface area contributed by atoms with Gasteiger partial charge < -0.3 is 16.4 Å². The zero-order chi connectivity index (χ0) is 19.2. The van der Waals surface area contributed by atoms with Crippen molar-refractivity contribution in [3.8, 4) is 11.1 Å². The maximum atomic E-state index is 5.93. The van der Waals surface area contributed by atoms with Crippen molar-refractivity contribution >= 4 is 22.4 Å². The summed E-state index contributed by atoms with van der Waals surface area (Å²) in [5.74, 6) is 0.462. The Morgan fingerprint density at radius 1 is 1.00 bits per heavy atom. The van der Waals surface area contributed by atoms with Gasteiger partial charge >= 0.3 is 0 Å². The Morgan fingerprint density at radius 3 is 2.44 bits per heavy atom. The summed E-state index contributed by atoms with van der Waals surface area (Å²) in [6.07, 6.45) is 12.1. The highest BCUT2D eigenvalue weighted by molar-refractivity contribution is 5.92. The van der Waals surface area contributed by atoms with Crippen molar-refractivity contribution in [1.29, 1.82) is 0 Å². The van der Waals surface area contributed by atoms with E-state index in [1.54, 1.807) is 18.5 Å². The first kappa shape index (κ1) is 19.0. The molecule has 2 aromatic heterocycles. The first-order chi connectivity index (χ1) is 13.1. The van der Waals surface area contributed by atoms with Crippen LogP contribution >= 0.6 is 0 Å². The first-order valence-corrected chi connectivity index (χ1v) is 9.43. The Balaban J connectivity index is 0.000000197. The van der Waals surface area contributed by atoms with Gasteiger partial charge in [-0.05, 0) is 50.7 Å². The molecule has 1 aromatic carbocycles. The molecular weight excluding hydrogens is 336 g/mol. The van der Waals surface area contributed by atoms with Gasteiger partial charge in [-0.2, -0.15) is 0 Å². The molecule has 0 aliphatic heterocycles. The zero-order valence-corrected chi connectivity index (χ0v) is 16.1. The predicted molar refractivity (Wildman–Crippen MR) is 112 cm³/mol. The monoisotopic (exact) mass is 364 g/mol. The Bertz CT molecular complexity index is 887. The van der Waals surface area contributed by atoms with Gasteiger partial charge in [-0.25, -0.2) is 9.97 Å². The predicted octanol–water partition coefficient (Wildman–Crippen LogP) is 3.74. The van der Waals surface area contributed by atoms with Crippen LogP contribution in [0.1, 0.15) is 32.1 Å². The van der Waals surface area contributed by atoms with Gasteiger partial charge in [0, 0.05) is 35.1 Å². The van der Waals surface area contributed by atoms with Crippen LogP contribution in [0, 0.1) is 0 Å². The molecule has 1 aliphatic carbocycles. The normalized spacial score (nSPS) is 14.8. The smallest absolute Gasteiger partial charge is 0.134 e. The molecule has 0 amide bonds. The lowest BCUT2D eigenvalue weighted by Gasteiger charge is -2.27. The zero-order valence-electron chi connectivity index (χ0n) is 16.1. The van der Waals surface area contributed by atoms with Gasteiger partial charge in [0.05, 0.1) is 5.52 Å². The van der Waals surface area contributed by atoms with Crippen molar-refractivity contribution in [3.05, 3.63) is 43.0 Å². The molecule has 0 radical (unpaired) electrons. The highest BCUT2D eigenvalue weighted by Crippen LogP contribution is 2.28. The number of benzene rings is 1. The summed E-state index contributed by atoms with van der Waals surface area (Å²) in [6, 6.07) is 8.43. The topological polar surface area (TPSA) is 94.0 Å². The van der Waals surface area contributed by atoms with Crippen LogP contribution in [0.15, 0.2) is 43.0 Å². The quantitative estimate of drug-likeness (QED) is 0.719. The van der Waals surface area contributed by atoms with Crippen molar-refractivity contribution in [2.45, 2.75) is 38.1 Å². The van der Waals surface area contributed by atoms with E-state index in [2.05, 4.69) is 33.9 Å². The van der Waals surface area contributed by atoms with Crippen LogP contribution in [0.5, 0.6) is 0 Å². The molecule has 0 bridgehead atoms. The number of fused-ring (bicyclic) bond motifs is 1. The number of hydrogen-bond donors (Lipinski definition) is 2. The van der Waals surface area contributed by atoms with Crippen molar-refractivity contribution < 1.29 is 0 Å².